The van der Waals surface area contributed by atoms with Crippen molar-refractivity contribution >= 4 is 11.9 Å². The predicted octanol–water partition coefficient (Wildman–Crippen LogP) is -0.219. The summed E-state index contributed by atoms with van der Waals surface area (Å²) in [4.78, 5) is 17.3. The Morgan fingerprint density at radius 1 is 1.05 bits per heavy atom. The summed E-state index contributed by atoms with van der Waals surface area (Å²) in [5.74, 6) is 1.30. The van der Waals surface area contributed by atoms with Crippen LogP contribution in [0, 0.1) is 0 Å². The highest BCUT2D eigenvalue weighted by atomic mass is 15.4. The Hall–Kier alpha value is -2.22. The lowest BCUT2D eigenvalue weighted by Crippen LogP contribution is -2.30. The third kappa shape index (κ3) is 2.69. The van der Waals surface area contributed by atoms with Gasteiger partial charge in [-0.3, -0.25) is 0 Å². The number of nitrogens with zero attached hydrogens (tertiary/aromatic N) is 7. The Balaban J connectivity index is 1.89. The van der Waals surface area contributed by atoms with Crippen molar-refractivity contribution in [2.75, 3.05) is 43.9 Å². The monoisotopic (exact) mass is 274 g/mol. The van der Waals surface area contributed by atoms with Crippen LogP contribution in [0.2, 0.25) is 0 Å². The molecule has 0 amide bonds. The number of hydrogen-bond donors (Lipinski definition) is 1. The van der Waals surface area contributed by atoms with Gasteiger partial charge >= 0.3 is 0 Å². The number of hydrogen-bond acceptors (Lipinski definition) is 7. The summed E-state index contributed by atoms with van der Waals surface area (Å²) in [6.45, 7) is 3.89. The van der Waals surface area contributed by atoms with Crippen LogP contribution in [-0.2, 0) is 0 Å². The maximum absolute atomic E-state index is 5.80. The molecule has 3 rings (SSSR count). The molecule has 0 bridgehead atoms. The zero-order chi connectivity index (χ0) is 13.9. The highest BCUT2D eigenvalue weighted by molar-refractivity contribution is 5.37. The Bertz CT molecular complexity index is 567. The van der Waals surface area contributed by atoms with Gasteiger partial charge in [0, 0.05) is 32.0 Å². The molecule has 0 atom stereocenters. The van der Waals surface area contributed by atoms with Gasteiger partial charge in [-0.2, -0.15) is 20.1 Å². The Labute approximate surface area is 117 Å². The molecule has 8 nitrogen and oxygen atoms in total. The van der Waals surface area contributed by atoms with Gasteiger partial charge in [0.2, 0.25) is 11.9 Å². The lowest BCUT2D eigenvalue weighted by atomic mass is 10.4. The molecule has 0 spiro atoms. The summed E-state index contributed by atoms with van der Waals surface area (Å²) in [5, 5.41) is 4.13. The SMILES string of the molecule is CN1CCCN(c2nc(N)nc(-n3cccn3)n2)CC1. The summed E-state index contributed by atoms with van der Waals surface area (Å²) >= 11 is 0. The first kappa shape index (κ1) is 12.8. The highest BCUT2D eigenvalue weighted by Crippen LogP contribution is 2.13. The van der Waals surface area contributed by atoms with Crippen molar-refractivity contribution in [2.24, 2.45) is 0 Å². The minimum atomic E-state index is 0.220. The van der Waals surface area contributed by atoms with Crippen LogP contribution in [0.3, 0.4) is 0 Å². The van der Waals surface area contributed by atoms with Gasteiger partial charge in [-0.25, -0.2) is 4.68 Å². The number of anilines is 2. The van der Waals surface area contributed by atoms with Gasteiger partial charge in [0.25, 0.3) is 5.95 Å². The van der Waals surface area contributed by atoms with Crippen LogP contribution in [0.1, 0.15) is 6.42 Å². The normalized spacial score (nSPS) is 17.1. The molecule has 8 heteroatoms. The summed E-state index contributed by atoms with van der Waals surface area (Å²) < 4.78 is 1.59. The van der Waals surface area contributed by atoms with E-state index in [1.54, 1.807) is 17.1 Å². The topological polar surface area (TPSA) is 89.0 Å². The molecule has 106 valence electrons. The van der Waals surface area contributed by atoms with Crippen LogP contribution in [0.4, 0.5) is 11.9 Å². The third-order valence-electron chi connectivity index (χ3n) is 3.34. The van der Waals surface area contributed by atoms with Gasteiger partial charge in [0.1, 0.15) is 0 Å². The molecule has 20 heavy (non-hydrogen) atoms. The minimum absolute atomic E-state index is 0.220. The minimum Gasteiger partial charge on any atom is -0.368 e. The molecule has 2 N–H and O–H groups in total. The first-order valence-corrected chi connectivity index (χ1v) is 6.67. The highest BCUT2D eigenvalue weighted by Gasteiger charge is 2.17. The molecule has 3 heterocycles. The number of likely N-dealkylation sites (N-methyl/N-ethyl adjacent to an activating group) is 1. The van der Waals surface area contributed by atoms with Crippen molar-refractivity contribution in [1.29, 1.82) is 0 Å². The van der Waals surface area contributed by atoms with Gasteiger partial charge < -0.3 is 15.5 Å². The Morgan fingerprint density at radius 2 is 1.90 bits per heavy atom. The van der Waals surface area contributed by atoms with E-state index in [0.29, 0.717) is 11.9 Å². The molecule has 2 aromatic heterocycles. The van der Waals surface area contributed by atoms with E-state index in [1.165, 1.54) is 0 Å². The second kappa shape index (κ2) is 5.41. The third-order valence-corrected chi connectivity index (χ3v) is 3.34. The quantitative estimate of drug-likeness (QED) is 0.810. The second-order valence-electron chi connectivity index (χ2n) is 4.89. The van der Waals surface area contributed by atoms with Crippen molar-refractivity contribution in [2.45, 2.75) is 6.42 Å². The van der Waals surface area contributed by atoms with E-state index in [-0.39, 0.29) is 5.95 Å². The van der Waals surface area contributed by atoms with Crippen LogP contribution < -0.4 is 10.6 Å². The molecule has 1 fully saturated rings. The zero-order valence-electron chi connectivity index (χ0n) is 11.5. The largest absolute Gasteiger partial charge is 0.368 e. The van der Waals surface area contributed by atoms with Crippen LogP contribution in [0.5, 0.6) is 0 Å². The average Bonchev–Trinajstić information content (AvgIpc) is 2.88. The fraction of sp³-hybridized carbons (Fsp3) is 0.500. The average molecular weight is 274 g/mol. The molecule has 0 aromatic carbocycles. The van der Waals surface area contributed by atoms with Gasteiger partial charge in [0.15, 0.2) is 0 Å². The van der Waals surface area contributed by atoms with E-state index in [2.05, 4.69) is 36.9 Å². The second-order valence-corrected chi connectivity index (χ2v) is 4.89. The van der Waals surface area contributed by atoms with Crippen molar-refractivity contribution in [3.05, 3.63) is 18.5 Å². The standard InChI is InChI=1S/C12H18N8/c1-18-5-3-6-19(9-8-18)11-15-10(13)16-12(17-11)20-7-2-4-14-20/h2,4,7H,3,5-6,8-9H2,1H3,(H2,13,15,16,17). The van der Waals surface area contributed by atoms with Gasteiger partial charge in [0.05, 0.1) is 0 Å². The molecule has 0 saturated carbocycles. The number of nitrogens with two attached hydrogens (primary N) is 1. The van der Waals surface area contributed by atoms with E-state index in [1.807, 2.05) is 6.07 Å². The van der Waals surface area contributed by atoms with Gasteiger partial charge in [-0.15, -0.1) is 0 Å². The van der Waals surface area contributed by atoms with Crippen LogP contribution in [0.25, 0.3) is 5.95 Å². The number of aromatic nitrogens is 5. The van der Waals surface area contributed by atoms with Crippen LogP contribution in [-0.4, -0.2) is 62.9 Å². The maximum atomic E-state index is 5.80. The summed E-state index contributed by atoms with van der Waals surface area (Å²) in [5.41, 5.74) is 5.80. The lowest BCUT2D eigenvalue weighted by molar-refractivity contribution is 0.360. The first-order chi connectivity index (χ1) is 9.72. The van der Waals surface area contributed by atoms with Crippen LogP contribution >= 0.6 is 0 Å². The fourth-order valence-corrected chi connectivity index (χ4v) is 2.25. The van der Waals surface area contributed by atoms with Crippen molar-refractivity contribution < 1.29 is 0 Å². The van der Waals surface area contributed by atoms with Crippen molar-refractivity contribution in [3.63, 3.8) is 0 Å². The summed E-state index contributed by atoms with van der Waals surface area (Å²) in [7, 11) is 2.13. The molecule has 1 aliphatic rings. The molecule has 0 unspecified atom stereocenters. The van der Waals surface area contributed by atoms with Crippen LogP contribution in [0.15, 0.2) is 18.5 Å². The summed E-state index contributed by atoms with van der Waals surface area (Å²) in [6, 6.07) is 1.82. The first-order valence-electron chi connectivity index (χ1n) is 6.67. The van der Waals surface area contributed by atoms with Gasteiger partial charge in [-0.1, -0.05) is 0 Å². The van der Waals surface area contributed by atoms with Crippen molar-refractivity contribution in [3.8, 4) is 5.95 Å². The molecule has 2 aromatic rings. The molecular formula is C12H18N8. The summed E-state index contributed by atoms with van der Waals surface area (Å²) in [6.07, 6.45) is 4.55. The van der Waals surface area contributed by atoms with E-state index in [9.17, 15) is 0 Å². The maximum Gasteiger partial charge on any atom is 0.257 e. The smallest absolute Gasteiger partial charge is 0.257 e. The Kier molecular flexibility index (Phi) is 3.46. The zero-order valence-corrected chi connectivity index (χ0v) is 11.5. The molecule has 0 aliphatic carbocycles. The predicted molar refractivity (Wildman–Crippen MR) is 75.7 cm³/mol. The number of nitrogen functional groups attached to an aromatic ring is 1. The van der Waals surface area contributed by atoms with E-state index in [4.69, 9.17) is 5.73 Å². The van der Waals surface area contributed by atoms with E-state index >= 15 is 0 Å². The number of rotatable bonds is 2. The lowest BCUT2D eigenvalue weighted by Gasteiger charge is -2.20. The van der Waals surface area contributed by atoms with Crippen molar-refractivity contribution in [1.82, 2.24) is 29.6 Å². The molecular weight excluding hydrogens is 256 g/mol. The Morgan fingerprint density at radius 3 is 2.70 bits per heavy atom. The van der Waals surface area contributed by atoms with Gasteiger partial charge in [-0.05, 0) is 26.1 Å². The molecule has 0 radical (unpaired) electrons. The molecule has 1 saturated heterocycles. The van der Waals surface area contributed by atoms with E-state index in [0.717, 1.165) is 32.6 Å². The van der Waals surface area contributed by atoms with E-state index < -0.39 is 0 Å². The molecule has 1 aliphatic heterocycles. The fourth-order valence-electron chi connectivity index (χ4n) is 2.25.